The molecule has 7 heteroatoms. The summed E-state index contributed by atoms with van der Waals surface area (Å²) in [4.78, 5) is 32.2. The Morgan fingerprint density at radius 2 is 1.85 bits per heavy atom. The molecule has 168 valence electrons. The molecule has 1 heterocycles. The lowest BCUT2D eigenvalue weighted by Crippen LogP contribution is -2.46. The maximum absolute atomic E-state index is 13.3. The van der Waals surface area contributed by atoms with Crippen molar-refractivity contribution < 1.29 is 14.0 Å². The Bertz CT molecular complexity index is 1170. The summed E-state index contributed by atoms with van der Waals surface area (Å²) in [5.74, 6) is -0.758. The van der Waals surface area contributed by atoms with Crippen LogP contribution in [0.25, 0.3) is 0 Å². The molecule has 4 rings (SSSR count). The zero-order valence-corrected chi connectivity index (χ0v) is 19.0. The second-order valence-electron chi connectivity index (χ2n) is 7.82. The van der Waals surface area contributed by atoms with Crippen LogP contribution in [0.2, 0.25) is 0 Å². The number of anilines is 1. The smallest absolute Gasteiger partial charge is 0.238 e. The summed E-state index contributed by atoms with van der Waals surface area (Å²) in [6.07, 6.45) is 0.745. The summed E-state index contributed by atoms with van der Waals surface area (Å²) < 4.78 is 13.3. The van der Waals surface area contributed by atoms with Gasteiger partial charge >= 0.3 is 0 Å². The fourth-order valence-electron chi connectivity index (χ4n) is 3.52. The number of aliphatic imine (C=N–C) groups is 1. The van der Waals surface area contributed by atoms with Crippen LogP contribution in [0.3, 0.4) is 0 Å². The Hall–Kier alpha value is -3.45. The van der Waals surface area contributed by atoms with Crippen molar-refractivity contribution in [2.24, 2.45) is 4.99 Å². The highest BCUT2D eigenvalue weighted by molar-refractivity contribution is 8.15. The van der Waals surface area contributed by atoms with Gasteiger partial charge in [-0.05, 0) is 60.9 Å². The Kier molecular flexibility index (Phi) is 7.19. The molecule has 1 aliphatic rings. The van der Waals surface area contributed by atoms with Crippen molar-refractivity contribution in [1.29, 1.82) is 0 Å². The van der Waals surface area contributed by atoms with Crippen molar-refractivity contribution in [3.05, 3.63) is 95.8 Å². The molecule has 1 atom stereocenters. The van der Waals surface area contributed by atoms with Crippen molar-refractivity contribution in [1.82, 2.24) is 4.90 Å². The van der Waals surface area contributed by atoms with E-state index >= 15 is 0 Å². The number of nitrogens with zero attached hydrogens (tertiary/aromatic N) is 2. The van der Waals surface area contributed by atoms with Crippen LogP contribution in [0.1, 0.15) is 17.5 Å². The van der Waals surface area contributed by atoms with E-state index in [1.807, 2.05) is 61.5 Å². The van der Waals surface area contributed by atoms with Gasteiger partial charge in [-0.3, -0.25) is 14.5 Å². The number of rotatable bonds is 6. The second-order valence-corrected chi connectivity index (χ2v) is 8.99. The molecule has 1 fully saturated rings. The fourth-order valence-corrected chi connectivity index (χ4v) is 4.64. The first-order valence-corrected chi connectivity index (χ1v) is 11.6. The second kappa shape index (κ2) is 10.4. The number of amidine groups is 1. The minimum absolute atomic E-state index is 0.0829. The van der Waals surface area contributed by atoms with Crippen LogP contribution in [0, 0.1) is 12.7 Å². The lowest BCUT2D eigenvalue weighted by atomic mass is 10.1. The van der Waals surface area contributed by atoms with Crippen LogP contribution in [0.4, 0.5) is 15.8 Å². The third-order valence-electron chi connectivity index (χ3n) is 5.24. The van der Waals surface area contributed by atoms with Gasteiger partial charge in [-0.1, -0.05) is 54.2 Å². The van der Waals surface area contributed by atoms with Gasteiger partial charge in [-0.15, -0.1) is 0 Å². The fraction of sp³-hybridized carbons (Fsp3) is 0.192. The highest BCUT2D eigenvalue weighted by Crippen LogP contribution is 2.30. The molecule has 1 aliphatic heterocycles. The van der Waals surface area contributed by atoms with Gasteiger partial charge in [0.1, 0.15) is 11.1 Å². The Labute approximate surface area is 196 Å². The van der Waals surface area contributed by atoms with Gasteiger partial charge in [-0.2, -0.15) is 0 Å². The molecule has 0 aromatic heterocycles. The summed E-state index contributed by atoms with van der Waals surface area (Å²) in [6, 6.07) is 23.2. The number of halogens is 1. The van der Waals surface area contributed by atoms with E-state index in [9.17, 15) is 14.0 Å². The van der Waals surface area contributed by atoms with Crippen LogP contribution in [-0.4, -0.2) is 33.7 Å². The molecule has 33 heavy (non-hydrogen) atoms. The van der Waals surface area contributed by atoms with E-state index in [2.05, 4.69) is 10.3 Å². The van der Waals surface area contributed by atoms with Gasteiger partial charge in [0.05, 0.1) is 5.69 Å². The van der Waals surface area contributed by atoms with Crippen LogP contribution in [0.15, 0.2) is 83.9 Å². The largest absolute Gasteiger partial charge is 0.325 e. The number of hydrogen-bond acceptors (Lipinski definition) is 4. The molecule has 0 bridgehead atoms. The Morgan fingerprint density at radius 1 is 1.09 bits per heavy atom. The van der Waals surface area contributed by atoms with Gasteiger partial charge in [-0.25, -0.2) is 9.38 Å². The molecule has 3 aromatic carbocycles. The highest BCUT2D eigenvalue weighted by Gasteiger charge is 2.35. The summed E-state index contributed by atoms with van der Waals surface area (Å²) in [5, 5.41) is 2.74. The number of carbonyl (C=O) groups is 2. The molecule has 0 unspecified atom stereocenters. The molecular weight excluding hydrogens is 437 g/mol. The molecule has 0 radical (unpaired) electrons. The van der Waals surface area contributed by atoms with E-state index < -0.39 is 5.25 Å². The highest BCUT2D eigenvalue weighted by atomic mass is 32.2. The number of nitrogens with one attached hydrogen (secondary N) is 1. The Balaban J connectivity index is 1.55. The van der Waals surface area contributed by atoms with E-state index in [4.69, 9.17) is 0 Å². The predicted molar refractivity (Wildman–Crippen MR) is 131 cm³/mol. The number of benzene rings is 3. The number of carbonyl (C=O) groups excluding carboxylic acids is 2. The van der Waals surface area contributed by atoms with Gasteiger partial charge < -0.3 is 5.32 Å². The lowest BCUT2D eigenvalue weighted by molar-refractivity contribution is -0.129. The molecule has 0 saturated carbocycles. The van der Waals surface area contributed by atoms with Crippen molar-refractivity contribution >= 4 is 40.1 Å². The molecular formula is C26H24FN3O2S. The van der Waals surface area contributed by atoms with Crippen molar-refractivity contribution in [3.63, 3.8) is 0 Å². The molecule has 5 nitrogen and oxygen atoms in total. The van der Waals surface area contributed by atoms with Crippen molar-refractivity contribution in [2.45, 2.75) is 25.0 Å². The SMILES string of the molecule is Cc1cccc(NC(=O)[C@H]2CC(=O)N(CCc3ccccc3)C(=Nc3ccc(F)cc3)S2)c1. The molecule has 0 spiro atoms. The van der Waals surface area contributed by atoms with E-state index in [1.54, 1.807) is 17.0 Å². The van der Waals surface area contributed by atoms with Crippen molar-refractivity contribution in [2.75, 3.05) is 11.9 Å². The lowest BCUT2D eigenvalue weighted by Gasteiger charge is -2.32. The monoisotopic (exact) mass is 461 g/mol. The minimum Gasteiger partial charge on any atom is -0.325 e. The predicted octanol–water partition coefficient (Wildman–Crippen LogP) is 5.34. The van der Waals surface area contributed by atoms with Gasteiger partial charge in [0.15, 0.2) is 5.17 Å². The molecule has 3 aromatic rings. The average Bonchev–Trinajstić information content (AvgIpc) is 2.80. The summed E-state index contributed by atoms with van der Waals surface area (Å²) in [5.41, 5.74) is 3.36. The molecule has 2 amide bonds. The quantitative estimate of drug-likeness (QED) is 0.539. The van der Waals surface area contributed by atoms with Crippen molar-refractivity contribution in [3.8, 4) is 0 Å². The third kappa shape index (κ3) is 6.08. The zero-order valence-electron chi connectivity index (χ0n) is 18.2. The summed E-state index contributed by atoms with van der Waals surface area (Å²) in [6.45, 7) is 2.40. The maximum Gasteiger partial charge on any atom is 0.238 e. The zero-order chi connectivity index (χ0) is 23.2. The van der Waals surface area contributed by atoms with E-state index in [0.717, 1.165) is 11.1 Å². The average molecular weight is 462 g/mol. The molecule has 1 N–H and O–H groups in total. The first-order chi connectivity index (χ1) is 16.0. The van der Waals surface area contributed by atoms with E-state index in [1.165, 1.54) is 23.9 Å². The first-order valence-electron chi connectivity index (χ1n) is 10.7. The van der Waals surface area contributed by atoms with Crippen LogP contribution in [0.5, 0.6) is 0 Å². The summed E-state index contributed by atoms with van der Waals surface area (Å²) >= 11 is 1.26. The summed E-state index contributed by atoms with van der Waals surface area (Å²) in [7, 11) is 0. The minimum atomic E-state index is -0.606. The number of amides is 2. The third-order valence-corrected chi connectivity index (χ3v) is 6.42. The molecule has 1 saturated heterocycles. The standard InChI is InChI=1S/C26H24FN3O2S/c1-18-6-5-9-22(16-18)28-25(32)23-17-24(31)30(15-14-19-7-3-2-4-8-19)26(33-23)29-21-12-10-20(27)11-13-21/h2-13,16,23H,14-15,17H2,1H3,(H,28,32)/t23-/m1/s1. The van der Waals surface area contributed by atoms with Gasteiger partial charge in [0.25, 0.3) is 0 Å². The van der Waals surface area contributed by atoms with Crippen LogP contribution < -0.4 is 5.32 Å². The van der Waals surface area contributed by atoms with Crippen LogP contribution in [-0.2, 0) is 16.0 Å². The van der Waals surface area contributed by atoms with Gasteiger partial charge in [0.2, 0.25) is 11.8 Å². The molecule has 0 aliphatic carbocycles. The Morgan fingerprint density at radius 3 is 2.58 bits per heavy atom. The maximum atomic E-state index is 13.3. The van der Waals surface area contributed by atoms with E-state index in [-0.39, 0.29) is 24.1 Å². The first kappa shape index (κ1) is 22.7. The van der Waals surface area contributed by atoms with Gasteiger partial charge in [0, 0.05) is 18.7 Å². The normalized spacial score (nSPS) is 17.3. The van der Waals surface area contributed by atoms with E-state index in [0.29, 0.717) is 29.5 Å². The number of aryl methyl sites for hydroxylation is 1. The topological polar surface area (TPSA) is 61.8 Å². The number of hydrogen-bond donors (Lipinski definition) is 1. The van der Waals surface area contributed by atoms with Crippen LogP contribution >= 0.6 is 11.8 Å². The number of thioether (sulfide) groups is 1.